The number of nitrogens with zero attached hydrogens (tertiary/aromatic N) is 4. The lowest BCUT2D eigenvalue weighted by Crippen LogP contribution is -2.26. The molecule has 4 aromatic rings. The van der Waals surface area contributed by atoms with Crippen molar-refractivity contribution in [2.75, 3.05) is 0 Å². The third-order valence-corrected chi connectivity index (χ3v) is 3.81. The molecule has 0 spiro atoms. The molecule has 0 aliphatic carbocycles. The molecule has 116 valence electrons. The topological polar surface area (TPSA) is 79.6 Å². The van der Waals surface area contributed by atoms with Crippen LogP contribution in [0.15, 0.2) is 43.0 Å². The maximum Gasteiger partial charge on any atom is 0.116 e. The Morgan fingerprint density at radius 2 is 1.83 bits per heavy atom. The minimum atomic E-state index is -0.829. The molecule has 0 amide bonds. The first-order chi connectivity index (χ1) is 11.0. The molecule has 0 fully saturated rings. The fraction of sp³-hybridized carbons (Fsp3) is 0.235. The third-order valence-electron chi connectivity index (χ3n) is 3.81. The highest BCUT2D eigenvalue weighted by Gasteiger charge is 2.19. The summed E-state index contributed by atoms with van der Waals surface area (Å²) in [6.07, 6.45) is 5.10. The molecule has 0 radical (unpaired) electrons. The Morgan fingerprint density at radius 1 is 1.13 bits per heavy atom. The molecule has 0 bridgehead atoms. The van der Waals surface area contributed by atoms with Crippen LogP contribution in [0.4, 0.5) is 0 Å². The van der Waals surface area contributed by atoms with Gasteiger partial charge in [-0.15, -0.1) is 0 Å². The van der Waals surface area contributed by atoms with Gasteiger partial charge in [-0.25, -0.2) is 9.97 Å². The normalized spacial score (nSPS) is 12.3. The Kier molecular flexibility index (Phi) is 2.96. The summed E-state index contributed by atoms with van der Waals surface area (Å²) in [7, 11) is 0. The van der Waals surface area contributed by atoms with E-state index in [0.717, 1.165) is 33.2 Å². The van der Waals surface area contributed by atoms with Gasteiger partial charge in [-0.05, 0) is 38.1 Å². The highest BCUT2D eigenvalue weighted by atomic mass is 16.3. The molecule has 3 heterocycles. The van der Waals surface area contributed by atoms with Crippen molar-refractivity contribution in [3.05, 3.63) is 43.0 Å². The number of benzene rings is 1. The Morgan fingerprint density at radius 3 is 2.52 bits per heavy atom. The maximum absolute atomic E-state index is 10.2. The lowest BCUT2D eigenvalue weighted by molar-refractivity contribution is 0.0592. The van der Waals surface area contributed by atoms with E-state index in [1.165, 1.54) is 0 Å². The molecular formula is C17H17N5O. The van der Waals surface area contributed by atoms with Crippen molar-refractivity contribution in [1.82, 2.24) is 24.7 Å². The standard InChI is InChI=1S/C17H17N5O/c1-17(2,23)9-22-15-8-14-13(19-10-20-14)7-12(15)16(21-22)11-3-5-18-6-4-11/h3-8,10,21,23H,9H2,1-2H3. The minimum absolute atomic E-state index is 0.453. The maximum atomic E-state index is 10.2. The Hall–Kier alpha value is -2.73. The number of H-pyrrole nitrogens is 1. The van der Waals surface area contributed by atoms with Gasteiger partial charge in [0.2, 0.25) is 0 Å². The number of hydrogen-bond acceptors (Lipinski definition) is 4. The van der Waals surface area contributed by atoms with E-state index in [-0.39, 0.29) is 0 Å². The first-order valence-corrected chi connectivity index (χ1v) is 7.47. The van der Waals surface area contributed by atoms with E-state index in [1.54, 1.807) is 32.6 Å². The van der Waals surface area contributed by atoms with E-state index >= 15 is 0 Å². The monoisotopic (exact) mass is 307 g/mol. The van der Waals surface area contributed by atoms with Crippen LogP contribution in [-0.2, 0) is 6.54 Å². The number of pyridine rings is 1. The summed E-state index contributed by atoms with van der Waals surface area (Å²) in [4.78, 5) is 12.6. The van der Waals surface area contributed by atoms with Gasteiger partial charge in [0.1, 0.15) is 6.33 Å². The summed E-state index contributed by atoms with van der Waals surface area (Å²) < 4.78 is 1.96. The van der Waals surface area contributed by atoms with E-state index in [4.69, 9.17) is 0 Å². The summed E-state index contributed by atoms with van der Waals surface area (Å²) in [5, 5.41) is 14.7. The number of hydrogen-bond donors (Lipinski definition) is 2. The molecule has 0 aliphatic heterocycles. The molecule has 6 heteroatoms. The van der Waals surface area contributed by atoms with Crippen molar-refractivity contribution in [3.8, 4) is 11.3 Å². The van der Waals surface area contributed by atoms with Gasteiger partial charge in [0.25, 0.3) is 0 Å². The molecule has 0 saturated heterocycles. The van der Waals surface area contributed by atoms with E-state index in [2.05, 4.69) is 20.1 Å². The van der Waals surface area contributed by atoms with Gasteiger partial charge in [-0.2, -0.15) is 0 Å². The molecule has 4 rings (SSSR count). The van der Waals surface area contributed by atoms with Crippen molar-refractivity contribution in [2.24, 2.45) is 0 Å². The first kappa shape index (κ1) is 13.9. The van der Waals surface area contributed by atoms with Gasteiger partial charge in [0.05, 0.1) is 34.4 Å². The number of aromatic amines is 1. The molecule has 0 unspecified atom stereocenters. The summed E-state index contributed by atoms with van der Waals surface area (Å²) in [5.74, 6) is 0. The average molecular weight is 307 g/mol. The third kappa shape index (κ3) is 2.47. The molecule has 23 heavy (non-hydrogen) atoms. The number of nitrogens with one attached hydrogen (secondary N) is 1. The van der Waals surface area contributed by atoms with Gasteiger partial charge >= 0.3 is 0 Å². The second-order valence-corrected chi connectivity index (χ2v) is 6.35. The molecule has 0 aliphatic rings. The van der Waals surface area contributed by atoms with Gasteiger partial charge < -0.3 is 5.11 Å². The molecule has 1 aromatic carbocycles. The van der Waals surface area contributed by atoms with Crippen LogP contribution in [0.2, 0.25) is 0 Å². The first-order valence-electron chi connectivity index (χ1n) is 7.47. The van der Waals surface area contributed by atoms with Crippen molar-refractivity contribution >= 4 is 21.9 Å². The van der Waals surface area contributed by atoms with Crippen LogP contribution in [0.1, 0.15) is 13.8 Å². The SMILES string of the molecule is CC(C)(O)Cn1[nH]c(-c2ccncc2)c2cc3ncnc3cc21. The van der Waals surface area contributed by atoms with Gasteiger partial charge in [0.15, 0.2) is 0 Å². The number of aliphatic hydroxyl groups is 1. The highest BCUT2D eigenvalue weighted by molar-refractivity contribution is 6.00. The zero-order chi connectivity index (χ0) is 16.0. The van der Waals surface area contributed by atoms with Crippen molar-refractivity contribution < 1.29 is 5.11 Å². The molecule has 0 saturated carbocycles. The molecule has 6 nitrogen and oxygen atoms in total. The van der Waals surface area contributed by atoms with Crippen molar-refractivity contribution in [2.45, 2.75) is 26.0 Å². The van der Waals surface area contributed by atoms with E-state index in [0.29, 0.717) is 6.54 Å². The summed E-state index contributed by atoms with van der Waals surface area (Å²) in [6, 6.07) is 7.95. The molecule has 3 aromatic heterocycles. The predicted molar refractivity (Wildman–Crippen MR) is 88.9 cm³/mol. The number of aromatic nitrogens is 5. The lowest BCUT2D eigenvalue weighted by Gasteiger charge is -2.18. The average Bonchev–Trinajstić information content (AvgIpc) is 3.09. The zero-order valence-electron chi connectivity index (χ0n) is 13.0. The Balaban J connectivity index is 2.01. The lowest BCUT2D eigenvalue weighted by atomic mass is 10.1. The number of fused-ring (bicyclic) bond motifs is 2. The van der Waals surface area contributed by atoms with E-state index in [9.17, 15) is 5.11 Å². The number of rotatable bonds is 3. The van der Waals surface area contributed by atoms with Crippen LogP contribution < -0.4 is 0 Å². The smallest absolute Gasteiger partial charge is 0.116 e. The minimum Gasteiger partial charge on any atom is -0.389 e. The fourth-order valence-electron chi connectivity index (χ4n) is 2.86. The molecule has 0 atom stereocenters. The van der Waals surface area contributed by atoms with Crippen molar-refractivity contribution in [3.63, 3.8) is 0 Å². The predicted octanol–water partition coefficient (Wildman–Crippen LogP) is 2.75. The molecular weight excluding hydrogens is 290 g/mol. The zero-order valence-corrected chi connectivity index (χ0v) is 13.0. The second kappa shape index (κ2) is 4.89. The van der Waals surface area contributed by atoms with E-state index in [1.807, 2.05) is 28.9 Å². The fourth-order valence-corrected chi connectivity index (χ4v) is 2.86. The quantitative estimate of drug-likeness (QED) is 0.610. The number of imidazole rings is 1. The van der Waals surface area contributed by atoms with Crippen LogP contribution in [0, 0.1) is 0 Å². The van der Waals surface area contributed by atoms with Crippen LogP contribution >= 0.6 is 0 Å². The Labute approximate surface area is 132 Å². The van der Waals surface area contributed by atoms with Gasteiger partial charge in [0, 0.05) is 23.3 Å². The highest BCUT2D eigenvalue weighted by Crippen LogP contribution is 2.31. The van der Waals surface area contributed by atoms with Crippen molar-refractivity contribution in [1.29, 1.82) is 0 Å². The van der Waals surface area contributed by atoms with Gasteiger partial charge in [-0.1, -0.05) is 0 Å². The largest absolute Gasteiger partial charge is 0.389 e. The summed E-state index contributed by atoms with van der Waals surface area (Å²) >= 11 is 0. The van der Waals surface area contributed by atoms with Crippen LogP contribution in [-0.4, -0.2) is 35.4 Å². The van der Waals surface area contributed by atoms with Crippen LogP contribution in [0.5, 0.6) is 0 Å². The summed E-state index contributed by atoms with van der Waals surface area (Å²) in [6.45, 7) is 4.04. The van der Waals surface area contributed by atoms with Crippen LogP contribution in [0.3, 0.4) is 0 Å². The van der Waals surface area contributed by atoms with Gasteiger partial charge in [-0.3, -0.25) is 14.8 Å². The summed E-state index contributed by atoms with van der Waals surface area (Å²) in [5.41, 5.74) is 3.90. The molecule has 2 N–H and O–H groups in total. The Bertz CT molecular complexity index is 979. The van der Waals surface area contributed by atoms with Crippen LogP contribution in [0.25, 0.3) is 33.2 Å². The van der Waals surface area contributed by atoms with E-state index < -0.39 is 5.60 Å². The second-order valence-electron chi connectivity index (χ2n) is 6.35.